The quantitative estimate of drug-likeness (QED) is 0.0656. The number of thiophene rings is 3. The molecule has 6 aromatic rings. The Morgan fingerprint density at radius 2 is 1.72 bits per heavy atom. The Balaban J connectivity index is 1.13. The first-order valence-electron chi connectivity index (χ1n) is 15.6. The molecule has 1 fully saturated rings. The molecule has 1 aliphatic rings. The molecule has 1 saturated heterocycles. The number of fused-ring (bicyclic) bond motifs is 2. The molecule has 0 atom stereocenters. The van der Waals surface area contributed by atoms with Crippen LogP contribution in [0, 0.1) is 13.8 Å². The molecule has 0 saturated carbocycles. The number of aromatic nitrogens is 1. The minimum absolute atomic E-state index is 0.232. The lowest BCUT2D eigenvalue weighted by Crippen LogP contribution is -2.29. The van der Waals surface area contributed by atoms with Crippen LogP contribution in [-0.4, -0.2) is 23.0 Å². The number of anilines is 1. The maximum Gasteiger partial charge on any atom is 0.266 e. The Labute approximate surface area is 290 Å². The lowest BCUT2D eigenvalue weighted by molar-refractivity contribution is -0.119. The highest BCUT2D eigenvalue weighted by Crippen LogP contribution is 2.45. The second kappa shape index (κ2) is 12.9. The number of thiazole rings is 1. The third-order valence-electron chi connectivity index (χ3n) is 8.44. The minimum Gasteiger partial charge on any atom is -0.268 e. The van der Waals surface area contributed by atoms with Crippen LogP contribution in [0.5, 0.6) is 0 Å². The molecular formula is C38H33N3O2S4. The van der Waals surface area contributed by atoms with Crippen molar-refractivity contribution >= 4 is 99.9 Å². The van der Waals surface area contributed by atoms with E-state index in [-0.39, 0.29) is 17.4 Å². The summed E-state index contributed by atoms with van der Waals surface area (Å²) in [5.74, 6) is -0.723. The van der Waals surface area contributed by atoms with Gasteiger partial charge in [0.1, 0.15) is 5.01 Å². The van der Waals surface area contributed by atoms with Crippen LogP contribution < -0.4 is 4.90 Å². The van der Waals surface area contributed by atoms with Gasteiger partial charge in [-0.25, -0.2) is 9.88 Å². The van der Waals surface area contributed by atoms with Crippen molar-refractivity contribution < 1.29 is 9.59 Å². The van der Waals surface area contributed by atoms with E-state index in [4.69, 9.17) is 9.98 Å². The van der Waals surface area contributed by atoms with E-state index < -0.39 is 0 Å². The molecule has 0 aliphatic carbocycles. The van der Waals surface area contributed by atoms with Gasteiger partial charge in [0.25, 0.3) is 11.8 Å². The molecule has 0 unspecified atom stereocenters. The maximum absolute atomic E-state index is 13.5. The monoisotopic (exact) mass is 691 g/mol. The first kappa shape index (κ1) is 31.6. The van der Waals surface area contributed by atoms with Crippen LogP contribution in [0.15, 0.2) is 83.4 Å². The predicted molar refractivity (Wildman–Crippen MR) is 203 cm³/mol. The number of nitrogens with zero attached hydrogens (tertiary/aromatic N) is 3. The average molecular weight is 692 g/mol. The summed E-state index contributed by atoms with van der Waals surface area (Å²) >= 11 is 7.06. The Morgan fingerprint density at radius 1 is 0.936 bits per heavy atom. The molecule has 5 nitrogen and oxygen atoms in total. The van der Waals surface area contributed by atoms with Gasteiger partial charge in [-0.15, -0.1) is 45.3 Å². The van der Waals surface area contributed by atoms with E-state index in [2.05, 4.69) is 43.8 Å². The fourth-order valence-electron chi connectivity index (χ4n) is 6.10. The van der Waals surface area contributed by atoms with Crippen LogP contribution in [0.1, 0.15) is 58.9 Å². The van der Waals surface area contributed by atoms with Crippen molar-refractivity contribution in [3.63, 3.8) is 0 Å². The number of aliphatic imine (C=N–C) groups is 1. The van der Waals surface area contributed by atoms with Gasteiger partial charge >= 0.3 is 0 Å². The molecule has 2 amide bonds. The number of benzene rings is 2. The Bertz CT molecular complexity index is 2230. The molecule has 7 rings (SSSR count). The lowest BCUT2D eigenvalue weighted by atomic mass is 9.98. The summed E-state index contributed by atoms with van der Waals surface area (Å²) in [6, 6.07) is 19.9. The second-order valence-electron chi connectivity index (χ2n) is 11.7. The number of carbonyl (C=O) groups excluding carboxylic acids is 2. The van der Waals surface area contributed by atoms with E-state index in [1.807, 2.05) is 56.5 Å². The average Bonchev–Trinajstić information content (AvgIpc) is 3.85. The van der Waals surface area contributed by atoms with E-state index in [0.717, 1.165) is 54.8 Å². The van der Waals surface area contributed by atoms with Crippen LogP contribution in [0.2, 0.25) is 0 Å². The van der Waals surface area contributed by atoms with Crippen molar-refractivity contribution in [3.05, 3.63) is 104 Å². The molecule has 0 N–H and O–H groups in total. The molecule has 0 spiro atoms. The van der Waals surface area contributed by atoms with Crippen molar-refractivity contribution in [2.24, 2.45) is 4.99 Å². The highest BCUT2D eigenvalue weighted by molar-refractivity contribution is 7.32. The van der Waals surface area contributed by atoms with E-state index in [1.54, 1.807) is 46.1 Å². The van der Waals surface area contributed by atoms with E-state index in [0.29, 0.717) is 11.3 Å². The van der Waals surface area contributed by atoms with Gasteiger partial charge in [0, 0.05) is 35.8 Å². The van der Waals surface area contributed by atoms with E-state index in [9.17, 15) is 9.59 Å². The Hall–Kier alpha value is -4.02. The van der Waals surface area contributed by atoms with Gasteiger partial charge < -0.3 is 0 Å². The van der Waals surface area contributed by atoms with Crippen molar-refractivity contribution in [3.8, 4) is 9.88 Å². The van der Waals surface area contributed by atoms with Gasteiger partial charge in [0.15, 0.2) is 0 Å². The van der Waals surface area contributed by atoms with E-state index >= 15 is 0 Å². The molecule has 0 radical (unpaired) electrons. The number of para-hydroxylation sites is 1. The van der Waals surface area contributed by atoms with Crippen LogP contribution in [0.4, 0.5) is 11.4 Å². The molecule has 47 heavy (non-hydrogen) atoms. The molecule has 236 valence electrons. The number of imide groups is 1. The van der Waals surface area contributed by atoms with Crippen LogP contribution in [0.25, 0.3) is 35.1 Å². The number of rotatable bonds is 9. The SMILES string of the molecule is C=C1C(=O)N(c2ccc(N=Cc3cc4sc(-c5nc6ccccc6s5)c(CCCCC)c4s3)cc2)C(=O)/C1=C(\C)c1cc(C)sc1C. The Morgan fingerprint density at radius 3 is 2.45 bits per heavy atom. The zero-order valence-electron chi connectivity index (χ0n) is 26.7. The molecule has 9 heteroatoms. The van der Waals surface area contributed by atoms with Gasteiger partial charge in [0.2, 0.25) is 0 Å². The summed E-state index contributed by atoms with van der Waals surface area (Å²) in [4.78, 5) is 42.4. The largest absolute Gasteiger partial charge is 0.268 e. The highest BCUT2D eigenvalue weighted by Gasteiger charge is 2.40. The van der Waals surface area contributed by atoms with Crippen molar-refractivity contribution in [2.45, 2.75) is 53.4 Å². The first-order valence-corrected chi connectivity index (χ1v) is 18.9. The van der Waals surface area contributed by atoms with Gasteiger partial charge in [0.05, 0.1) is 32.0 Å². The van der Waals surface area contributed by atoms with Crippen molar-refractivity contribution in [2.75, 3.05) is 4.90 Å². The smallest absolute Gasteiger partial charge is 0.266 e. The number of aryl methyl sites for hydroxylation is 3. The van der Waals surface area contributed by atoms with Gasteiger partial charge in [-0.3, -0.25) is 14.6 Å². The third kappa shape index (κ3) is 5.86. The first-order chi connectivity index (χ1) is 22.7. The molecular weight excluding hydrogens is 659 g/mol. The zero-order chi connectivity index (χ0) is 32.8. The molecule has 2 aromatic carbocycles. The number of allylic oxidation sites excluding steroid dienone is 1. The van der Waals surface area contributed by atoms with Crippen molar-refractivity contribution in [1.29, 1.82) is 0 Å². The molecule has 5 heterocycles. The highest BCUT2D eigenvalue weighted by atomic mass is 32.1. The standard InChI is InChI=1S/C38H33N3O2S4/c1-6-7-8-11-28-34-32(46-35(28)36-40-30-12-9-10-13-31(30)47-36)19-27(45-34)20-39-25-14-16-26(17-15-25)41-37(42)23(4)33(38(41)43)22(3)29-18-21(2)44-24(29)5/h9-10,12-20H,4,6-8,11H2,1-3,5H3/b33-22+,39-20?. The fraction of sp³-hybridized carbons (Fsp3) is 0.211. The number of carbonyl (C=O) groups is 2. The number of amides is 2. The normalized spacial score (nSPS) is 15.0. The molecule has 1 aliphatic heterocycles. The lowest BCUT2D eigenvalue weighted by Gasteiger charge is -2.13. The molecule has 0 bridgehead atoms. The van der Waals surface area contributed by atoms with Crippen LogP contribution in [-0.2, 0) is 16.0 Å². The maximum atomic E-state index is 13.5. The summed E-state index contributed by atoms with van der Waals surface area (Å²) in [6.45, 7) is 12.2. The summed E-state index contributed by atoms with van der Waals surface area (Å²) in [5, 5.41) is 1.11. The Kier molecular flexibility index (Phi) is 8.65. The van der Waals surface area contributed by atoms with Crippen LogP contribution in [0.3, 0.4) is 0 Å². The fourth-order valence-corrected chi connectivity index (χ4v) is 10.7. The number of unbranched alkanes of at least 4 members (excludes halogenated alkanes) is 2. The molecule has 4 aromatic heterocycles. The zero-order valence-corrected chi connectivity index (χ0v) is 29.9. The predicted octanol–water partition coefficient (Wildman–Crippen LogP) is 11.3. The minimum atomic E-state index is -0.385. The summed E-state index contributed by atoms with van der Waals surface area (Å²) in [6.07, 6.45) is 6.50. The third-order valence-corrected chi connectivity index (χ3v) is 13.0. The van der Waals surface area contributed by atoms with E-state index in [1.165, 1.54) is 42.3 Å². The summed E-state index contributed by atoms with van der Waals surface area (Å²) in [7, 11) is 0. The van der Waals surface area contributed by atoms with Gasteiger partial charge in [-0.1, -0.05) is 38.5 Å². The van der Waals surface area contributed by atoms with Crippen molar-refractivity contribution in [1.82, 2.24) is 4.98 Å². The van der Waals surface area contributed by atoms with Crippen LogP contribution >= 0.6 is 45.3 Å². The summed E-state index contributed by atoms with van der Waals surface area (Å²) in [5.41, 5.74) is 6.12. The number of hydrogen-bond donors (Lipinski definition) is 0. The second-order valence-corrected chi connectivity index (χ2v) is 16.3. The summed E-state index contributed by atoms with van der Waals surface area (Å²) < 4.78 is 3.82. The van der Waals surface area contributed by atoms with Gasteiger partial charge in [-0.05, 0) is 98.8 Å². The number of hydrogen-bond acceptors (Lipinski definition) is 8. The van der Waals surface area contributed by atoms with Gasteiger partial charge in [-0.2, -0.15) is 0 Å². The topological polar surface area (TPSA) is 62.6 Å².